The fourth-order valence-corrected chi connectivity index (χ4v) is 4.00. The van der Waals surface area contributed by atoms with E-state index in [0.29, 0.717) is 16.8 Å². The van der Waals surface area contributed by atoms with E-state index < -0.39 is 10.8 Å². The highest BCUT2D eigenvalue weighted by Crippen LogP contribution is 2.36. The first-order valence-electron chi connectivity index (χ1n) is 8.78. The minimum absolute atomic E-state index is 0.110. The number of para-hydroxylation sites is 2. The summed E-state index contributed by atoms with van der Waals surface area (Å²) in [6, 6.07) is 13.4. The van der Waals surface area contributed by atoms with Gasteiger partial charge in [0.2, 0.25) is 0 Å². The van der Waals surface area contributed by atoms with Gasteiger partial charge in [0, 0.05) is 16.8 Å². The van der Waals surface area contributed by atoms with Crippen molar-refractivity contribution in [2.24, 2.45) is 0 Å². The average Bonchev–Trinajstić information content (AvgIpc) is 3.02. The summed E-state index contributed by atoms with van der Waals surface area (Å²) in [5, 5.41) is 15.2. The molecule has 1 amide bonds. The van der Waals surface area contributed by atoms with Crippen LogP contribution in [0.25, 0.3) is 21.1 Å². The fraction of sp³-hybridized carbons (Fsp3) is 0.100. The van der Waals surface area contributed by atoms with Crippen molar-refractivity contribution in [3.63, 3.8) is 0 Å². The Kier molecular flexibility index (Phi) is 4.73. The first kappa shape index (κ1) is 18.6. The Balaban J connectivity index is 1.74. The van der Waals surface area contributed by atoms with Crippen LogP contribution in [0.3, 0.4) is 0 Å². The second kappa shape index (κ2) is 7.36. The predicted octanol–water partition coefficient (Wildman–Crippen LogP) is 4.59. The average molecular weight is 408 g/mol. The SMILES string of the molecule is CCOc1ccc2nc3sc(C(=O)Nc4ccccc4[N+](=O)[O-])c(N)c3cc2c1. The summed E-state index contributed by atoms with van der Waals surface area (Å²) < 4.78 is 5.52. The van der Waals surface area contributed by atoms with Crippen LogP contribution in [0.2, 0.25) is 0 Å². The number of thiophene rings is 1. The molecule has 0 radical (unpaired) electrons. The number of anilines is 2. The van der Waals surface area contributed by atoms with Crippen molar-refractivity contribution in [3.8, 4) is 5.75 Å². The van der Waals surface area contributed by atoms with E-state index in [1.807, 2.05) is 31.2 Å². The van der Waals surface area contributed by atoms with Crippen molar-refractivity contribution in [2.45, 2.75) is 6.92 Å². The molecule has 8 nitrogen and oxygen atoms in total. The minimum atomic E-state index is -0.547. The molecule has 0 unspecified atom stereocenters. The van der Waals surface area contributed by atoms with Crippen LogP contribution in [-0.2, 0) is 0 Å². The van der Waals surface area contributed by atoms with Crippen molar-refractivity contribution < 1.29 is 14.5 Å². The molecule has 3 N–H and O–H groups in total. The number of hydrogen-bond donors (Lipinski definition) is 2. The van der Waals surface area contributed by atoms with Gasteiger partial charge in [-0.2, -0.15) is 0 Å². The van der Waals surface area contributed by atoms with E-state index in [1.54, 1.807) is 6.07 Å². The van der Waals surface area contributed by atoms with Gasteiger partial charge >= 0.3 is 0 Å². The number of rotatable bonds is 5. The Morgan fingerprint density at radius 1 is 1.28 bits per heavy atom. The molecule has 2 heterocycles. The van der Waals surface area contributed by atoms with Gasteiger partial charge in [-0.05, 0) is 37.3 Å². The summed E-state index contributed by atoms with van der Waals surface area (Å²) in [4.78, 5) is 28.8. The molecule has 2 aromatic carbocycles. The third kappa shape index (κ3) is 3.43. The number of nitrogen functional groups attached to an aromatic ring is 1. The van der Waals surface area contributed by atoms with E-state index in [1.165, 1.54) is 18.2 Å². The number of nitrogens with one attached hydrogen (secondary N) is 1. The number of nitrogens with two attached hydrogens (primary N) is 1. The zero-order valence-electron chi connectivity index (χ0n) is 15.3. The minimum Gasteiger partial charge on any atom is -0.494 e. The van der Waals surface area contributed by atoms with Crippen molar-refractivity contribution in [1.82, 2.24) is 4.98 Å². The zero-order chi connectivity index (χ0) is 20.5. The summed E-state index contributed by atoms with van der Waals surface area (Å²) >= 11 is 1.15. The summed E-state index contributed by atoms with van der Waals surface area (Å²) in [5.74, 6) is 0.211. The van der Waals surface area contributed by atoms with Crippen molar-refractivity contribution in [1.29, 1.82) is 0 Å². The summed E-state index contributed by atoms with van der Waals surface area (Å²) in [6.07, 6.45) is 0. The summed E-state index contributed by atoms with van der Waals surface area (Å²) in [6.45, 7) is 2.46. The lowest BCUT2D eigenvalue weighted by Crippen LogP contribution is -2.13. The molecular weight excluding hydrogens is 392 g/mol. The number of aromatic nitrogens is 1. The summed E-state index contributed by atoms with van der Waals surface area (Å²) in [5.41, 5.74) is 7.19. The van der Waals surface area contributed by atoms with Crippen LogP contribution in [0.1, 0.15) is 16.6 Å². The maximum absolute atomic E-state index is 12.8. The molecular formula is C20H16N4O4S. The molecule has 0 bridgehead atoms. The largest absolute Gasteiger partial charge is 0.494 e. The van der Waals surface area contributed by atoms with E-state index in [4.69, 9.17) is 10.5 Å². The van der Waals surface area contributed by atoms with E-state index in [0.717, 1.165) is 28.0 Å². The topological polar surface area (TPSA) is 120 Å². The molecule has 0 aliphatic rings. The molecule has 4 aromatic rings. The van der Waals surface area contributed by atoms with Gasteiger partial charge in [-0.3, -0.25) is 14.9 Å². The van der Waals surface area contributed by atoms with Gasteiger partial charge < -0.3 is 15.8 Å². The maximum atomic E-state index is 12.8. The molecule has 29 heavy (non-hydrogen) atoms. The smallest absolute Gasteiger partial charge is 0.292 e. The number of nitrogens with zero attached hydrogens (tertiary/aromatic N) is 2. The van der Waals surface area contributed by atoms with Crippen molar-refractivity contribution in [2.75, 3.05) is 17.7 Å². The Bertz CT molecular complexity index is 1270. The molecule has 0 spiro atoms. The van der Waals surface area contributed by atoms with Crippen molar-refractivity contribution in [3.05, 3.63) is 63.5 Å². The number of carbonyl (C=O) groups is 1. The van der Waals surface area contributed by atoms with E-state index in [-0.39, 0.29) is 21.9 Å². The number of ether oxygens (including phenoxy) is 1. The molecule has 0 saturated heterocycles. The first-order chi connectivity index (χ1) is 14.0. The van der Waals surface area contributed by atoms with Crippen LogP contribution >= 0.6 is 11.3 Å². The molecule has 146 valence electrons. The Morgan fingerprint density at radius 2 is 2.07 bits per heavy atom. The van der Waals surface area contributed by atoms with E-state index >= 15 is 0 Å². The first-order valence-corrected chi connectivity index (χ1v) is 9.60. The third-order valence-electron chi connectivity index (χ3n) is 4.35. The van der Waals surface area contributed by atoms with Gasteiger partial charge in [-0.1, -0.05) is 12.1 Å². The van der Waals surface area contributed by atoms with E-state index in [2.05, 4.69) is 10.3 Å². The number of benzene rings is 2. The number of nitro benzene ring substituents is 1. The molecule has 9 heteroatoms. The van der Waals surface area contributed by atoms with Crippen molar-refractivity contribution >= 4 is 55.4 Å². The number of carbonyl (C=O) groups excluding carboxylic acids is 1. The molecule has 0 fully saturated rings. The quantitative estimate of drug-likeness (QED) is 0.368. The number of fused-ring (bicyclic) bond motifs is 2. The molecule has 4 rings (SSSR count). The highest BCUT2D eigenvalue weighted by atomic mass is 32.1. The molecule has 0 aliphatic carbocycles. The van der Waals surface area contributed by atoms with Crippen LogP contribution in [0, 0.1) is 10.1 Å². The van der Waals surface area contributed by atoms with Gasteiger partial charge in [-0.15, -0.1) is 11.3 Å². The zero-order valence-corrected chi connectivity index (χ0v) is 16.2. The van der Waals surface area contributed by atoms with Gasteiger partial charge in [-0.25, -0.2) is 4.98 Å². The summed E-state index contributed by atoms with van der Waals surface area (Å²) in [7, 11) is 0. The van der Waals surface area contributed by atoms with Gasteiger partial charge in [0.05, 0.1) is 22.7 Å². The van der Waals surface area contributed by atoms with Crippen LogP contribution in [0.15, 0.2) is 48.5 Å². The number of amides is 1. The van der Waals surface area contributed by atoms with Gasteiger partial charge in [0.15, 0.2) is 0 Å². The highest BCUT2D eigenvalue weighted by Gasteiger charge is 2.21. The third-order valence-corrected chi connectivity index (χ3v) is 5.46. The number of hydrogen-bond acceptors (Lipinski definition) is 7. The Labute approximate surface area is 169 Å². The Morgan fingerprint density at radius 3 is 2.83 bits per heavy atom. The van der Waals surface area contributed by atoms with Gasteiger partial charge in [0.1, 0.15) is 21.1 Å². The maximum Gasteiger partial charge on any atom is 0.292 e. The number of nitro groups is 1. The second-order valence-corrected chi connectivity index (χ2v) is 7.20. The van der Waals surface area contributed by atoms with E-state index in [9.17, 15) is 14.9 Å². The predicted molar refractivity (Wildman–Crippen MR) is 114 cm³/mol. The second-order valence-electron chi connectivity index (χ2n) is 6.20. The Hall–Kier alpha value is -3.72. The number of pyridine rings is 1. The van der Waals surface area contributed by atoms with Crippen LogP contribution in [-0.4, -0.2) is 22.4 Å². The lowest BCUT2D eigenvalue weighted by atomic mass is 10.1. The van der Waals surface area contributed by atoms with Crippen LogP contribution < -0.4 is 15.8 Å². The molecule has 0 saturated carbocycles. The highest BCUT2D eigenvalue weighted by molar-refractivity contribution is 7.21. The molecule has 0 aliphatic heterocycles. The van der Waals surface area contributed by atoms with Gasteiger partial charge in [0.25, 0.3) is 11.6 Å². The lowest BCUT2D eigenvalue weighted by Gasteiger charge is -2.05. The monoisotopic (exact) mass is 408 g/mol. The lowest BCUT2D eigenvalue weighted by molar-refractivity contribution is -0.383. The van der Waals surface area contributed by atoms with Crippen LogP contribution in [0.4, 0.5) is 17.1 Å². The van der Waals surface area contributed by atoms with Crippen LogP contribution in [0.5, 0.6) is 5.75 Å². The molecule has 0 atom stereocenters. The standard InChI is InChI=1S/C20H16N4O4S/c1-2-28-12-7-8-14-11(9-12)10-13-17(21)18(29-20(13)23-14)19(25)22-15-5-3-4-6-16(15)24(26)27/h3-10H,2,21H2,1H3,(H,22,25). The normalized spacial score (nSPS) is 10.9. The molecule has 2 aromatic heterocycles. The fourth-order valence-electron chi connectivity index (χ4n) is 3.02.